The van der Waals surface area contributed by atoms with Gasteiger partial charge in [-0.05, 0) is 56.2 Å². The topological polar surface area (TPSA) is 41.9 Å². The van der Waals surface area contributed by atoms with Gasteiger partial charge in [-0.3, -0.25) is 0 Å². The molecule has 1 aromatic carbocycles. The number of aliphatic hydroxyl groups is 1. The fraction of sp³-hybridized carbons (Fsp3) is 0.652. The average Bonchev–Trinajstić information content (AvgIpc) is 2.96. The summed E-state index contributed by atoms with van der Waals surface area (Å²) in [6.07, 6.45) is 5.04. The van der Waals surface area contributed by atoms with Crippen molar-refractivity contribution in [2.75, 3.05) is 13.6 Å². The number of hydrogen-bond acceptors (Lipinski definition) is 4. The summed E-state index contributed by atoms with van der Waals surface area (Å²) in [7, 11) is 0.0978. The Morgan fingerprint density at radius 2 is 2.11 bits per heavy atom. The molecule has 4 nitrogen and oxygen atoms in total. The largest absolute Gasteiger partial charge is 0.541 e. The first-order valence-corrected chi connectivity index (χ1v) is 13.5. The van der Waals surface area contributed by atoms with E-state index in [0.29, 0.717) is 23.8 Å². The van der Waals surface area contributed by atoms with Crippen molar-refractivity contribution in [3.05, 3.63) is 35.4 Å². The number of rotatable bonds is 2. The van der Waals surface area contributed by atoms with E-state index in [1.54, 1.807) is 0 Å². The molecule has 5 atom stereocenters. The summed E-state index contributed by atoms with van der Waals surface area (Å²) < 4.78 is 22.1. The van der Waals surface area contributed by atoms with Gasteiger partial charge in [0.1, 0.15) is 18.0 Å². The van der Waals surface area contributed by atoms with E-state index >= 15 is 0 Å². The van der Waals surface area contributed by atoms with Gasteiger partial charge in [0.15, 0.2) is 5.75 Å². The molecule has 0 unspecified atom stereocenters. The third-order valence-corrected chi connectivity index (χ3v) is 12.6. The van der Waals surface area contributed by atoms with E-state index in [1.165, 1.54) is 5.56 Å². The molecule has 1 fully saturated rings. The van der Waals surface area contributed by atoms with Crippen LogP contribution in [0.5, 0.6) is 11.5 Å². The van der Waals surface area contributed by atoms with Gasteiger partial charge in [0.05, 0.1) is 1.37 Å². The molecule has 0 saturated carbocycles. The summed E-state index contributed by atoms with van der Waals surface area (Å²) in [5.41, 5.74) is 2.03. The van der Waals surface area contributed by atoms with Gasteiger partial charge in [-0.15, -0.1) is 0 Å². The molecule has 1 aromatic rings. The summed E-state index contributed by atoms with van der Waals surface area (Å²) in [6, 6.07) is 2.79. The number of piperidine rings is 1. The number of aliphatic hydroxyl groups excluding tert-OH is 1. The molecule has 0 amide bonds. The van der Waals surface area contributed by atoms with Crippen LogP contribution in [0.1, 0.15) is 39.7 Å². The second-order valence-electron chi connectivity index (χ2n) is 10.7. The lowest BCUT2D eigenvalue weighted by Crippen LogP contribution is -2.64. The summed E-state index contributed by atoms with van der Waals surface area (Å²) in [4.78, 5) is 2.43. The third kappa shape index (κ3) is 2.24. The smallest absolute Gasteiger partial charge is 0.250 e. The van der Waals surface area contributed by atoms with Crippen LogP contribution in [-0.2, 0) is 11.8 Å². The highest BCUT2D eigenvalue weighted by Gasteiger charge is 2.64. The van der Waals surface area contributed by atoms with E-state index < -0.39 is 14.4 Å². The Morgan fingerprint density at radius 3 is 2.82 bits per heavy atom. The minimum absolute atomic E-state index is 0.0592. The van der Waals surface area contributed by atoms with Crippen molar-refractivity contribution in [3.63, 3.8) is 0 Å². The van der Waals surface area contributed by atoms with Crippen LogP contribution < -0.4 is 9.16 Å². The maximum absolute atomic E-state index is 10.9. The molecule has 1 spiro atoms. The summed E-state index contributed by atoms with van der Waals surface area (Å²) in [5, 5.41) is 10.9. The van der Waals surface area contributed by atoms with Crippen LogP contribution in [0.3, 0.4) is 0 Å². The second kappa shape index (κ2) is 5.64. The van der Waals surface area contributed by atoms with Crippen LogP contribution in [0, 0.1) is 5.92 Å². The highest BCUT2D eigenvalue weighted by atomic mass is 28.4. The minimum Gasteiger partial charge on any atom is -0.541 e. The third-order valence-electron chi connectivity index (χ3n) is 8.21. The Bertz CT molecular complexity index is 908. The SMILES string of the molecule is [2H]c1cc(O[Si](C)(C)C(C)(C)C)c2c3c1C[C@@H]1[C@@H]4C=C[C@H](O)[C@H](O2)[C@]34CCN1C. The lowest BCUT2D eigenvalue weighted by molar-refractivity contribution is -0.0452. The van der Waals surface area contributed by atoms with Gasteiger partial charge in [-0.25, -0.2) is 0 Å². The minimum atomic E-state index is -2.09. The highest BCUT2D eigenvalue weighted by Crippen LogP contribution is 2.62. The molecule has 5 heteroatoms. The fourth-order valence-corrected chi connectivity index (χ4v) is 6.64. The van der Waals surface area contributed by atoms with Crippen molar-refractivity contribution in [2.24, 2.45) is 5.92 Å². The first-order valence-electron chi connectivity index (χ1n) is 11.1. The lowest BCUT2D eigenvalue weighted by Gasteiger charge is -2.56. The molecule has 2 aliphatic heterocycles. The van der Waals surface area contributed by atoms with E-state index in [2.05, 4.69) is 51.9 Å². The first kappa shape index (κ1) is 17.5. The van der Waals surface area contributed by atoms with Gasteiger partial charge in [-0.1, -0.05) is 39.0 Å². The molecule has 2 bridgehead atoms. The molecule has 1 N–H and O–H groups in total. The Kier molecular flexibility index (Phi) is 3.54. The molecule has 5 rings (SSSR count). The molecule has 28 heavy (non-hydrogen) atoms. The Morgan fingerprint density at radius 1 is 1.36 bits per heavy atom. The van der Waals surface area contributed by atoms with Gasteiger partial charge < -0.3 is 19.2 Å². The van der Waals surface area contributed by atoms with Crippen molar-refractivity contribution >= 4 is 8.32 Å². The van der Waals surface area contributed by atoms with Crippen molar-refractivity contribution in [2.45, 2.75) is 75.4 Å². The maximum atomic E-state index is 10.9. The summed E-state index contributed by atoms with van der Waals surface area (Å²) in [5.74, 6) is 1.83. The highest BCUT2D eigenvalue weighted by molar-refractivity contribution is 6.74. The van der Waals surface area contributed by atoms with E-state index in [0.717, 1.165) is 30.7 Å². The molecule has 152 valence electrons. The van der Waals surface area contributed by atoms with Crippen LogP contribution in [0.25, 0.3) is 0 Å². The second-order valence-corrected chi connectivity index (χ2v) is 15.4. The van der Waals surface area contributed by atoms with E-state index in [1.807, 2.05) is 12.1 Å². The number of nitrogens with zero attached hydrogens (tertiary/aromatic N) is 1. The predicted octanol–water partition coefficient (Wildman–Crippen LogP) is 3.88. The van der Waals surface area contributed by atoms with Crippen LogP contribution in [0.15, 0.2) is 24.3 Å². The fourth-order valence-electron chi connectivity index (χ4n) is 5.63. The Hall–Kier alpha value is -1.30. The van der Waals surface area contributed by atoms with Gasteiger partial charge in [-0.2, -0.15) is 0 Å². The van der Waals surface area contributed by atoms with Gasteiger partial charge in [0.2, 0.25) is 0 Å². The lowest BCUT2D eigenvalue weighted by atomic mass is 9.53. The van der Waals surface area contributed by atoms with E-state index in [4.69, 9.17) is 10.5 Å². The number of likely N-dealkylation sites (N-methyl/N-ethyl adjacent to an activating group) is 1. The van der Waals surface area contributed by atoms with Gasteiger partial charge >= 0.3 is 0 Å². The van der Waals surface area contributed by atoms with E-state index in [-0.39, 0.29) is 16.6 Å². The zero-order valence-corrected chi connectivity index (χ0v) is 18.9. The van der Waals surface area contributed by atoms with Gasteiger partial charge in [0, 0.05) is 22.9 Å². The number of benzene rings is 1. The summed E-state index contributed by atoms with van der Waals surface area (Å²) >= 11 is 0. The van der Waals surface area contributed by atoms with Crippen LogP contribution >= 0.6 is 0 Å². The Labute approximate surface area is 171 Å². The van der Waals surface area contributed by atoms with Crippen molar-refractivity contribution in [1.82, 2.24) is 4.90 Å². The Balaban J connectivity index is 1.72. The standard InChI is InChI=1S/C23H33NO3Si/c1-22(2,3)28(5,6)27-18-10-7-14-13-16-15-8-9-17(25)21-23(15,11-12-24(16)4)19(14)20(18)26-21/h7-10,15-17,21,25H,11-13H2,1-6H3/t15-,16+,17-,21-,23-/m0/s1/i7D. The van der Waals surface area contributed by atoms with Gasteiger partial charge in [0.25, 0.3) is 8.32 Å². The predicted molar refractivity (Wildman–Crippen MR) is 114 cm³/mol. The molecule has 2 heterocycles. The average molecular weight is 401 g/mol. The van der Waals surface area contributed by atoms with Crippen molar-refractivity contribution in [1.29, 1.82) is 0 Å². The number of likely N-dealkylation sites (tertiary alicyclic amines) is 1. The van der Waals surface area contributed by atoms with Crippen LogP contribution in [0.2, 0.25) is 18.1 Å². The normalized spacial score (nSPS) is 36.6. The number of ether oxygens (including phenoxy) is 1. The first-order chi connectivity index (χ1) is 13.5. The van der Waals surface area contributed by atoms with Crippen LogP contribution in [-0.4, -0.2) is 50.2 Å². The number of hydrogen-bond donors (Lipinski definition) is 1. The quantitative estimate of drug-likeness (QED) is 0.604. The summed E-state index contributed by atoms with van der Waals surface area (Å²) in [6.45, 7) is 12.1. The monoisotopic (exact) mass is 400 g/mol. The molecule has 0 aromatic heterocycles. The molecule has 0 radical (unpaired) electrons. The van der Waals surface area contributed by atoms with Crippen molar-refractivity contribution < 1.29 is 15.6 Å². The maximum Gasteiger partial charge on any atom is 0.250 e. The van der Waals surface area contributed by atoms with Crippen LogP contribution in [0.4, 0.5) is 0 Å². The zero-order chi connectivity index (χ0) is 20.9. The molecular weight excluding hydrogens is 366 g/mol. The van der Waals surface area contributed by atoms with Crippen molar-refractivity contribution in [3.8, 4) is 11.5 Å². The molecular formula is C23H33NO3Si. The zero-order valence-electron chi connectivity index (χ0n) is 18.9. The molecule has 2 aliphatic carbocycles. The molecule has 4 aliphatic rings. The molecule has 1 saturated heterocycles. The van der Waals surface area contributed by atoms with E-state index in [9.17, 15) is 5.11 Å².